The number of anilines is 3. The Morgan fingerprint density at radius 1 is 1.24 bits per heavy atom. The Balaban J connectivity index is 1.43. The number of nitrogens with one attached hydrogen (secondary N) is 1. The van der Waals surface area contributed by atoms with Gasteiger partial charge in [0.15, 0.2) is 5.58 Å². The largest absolute Gasteiger partial charge is 0.438 e. The second-order valence-corrected chi connectivity index (χ2v) is 8.72. The molecule has 1 aliphatic heterocycles. The van der Waals surface area contributed by atoms with Gasteiger partial charge < -0.3 is 26.1 Å². The van der Waals surface area contributed by atoms with Crippen LogP contribution in [0.1, 0.15) is 41.1 Å². The molecule has 1 saturated carbocycles. The van der Waals surface area contributed by atoms with Gasteiger partial charge in [-0.25, -0.2) is 0 Å². The molecule has 3 aromatic heterocycles. The van der Waals surface area contributed by atoms with E-state index in [0.717, 1.165) is 18.4 Å². The molecule has 1 saturated heterocycles. The van der Waals surface area contributed by atoms with Crippen molar-refractivity contribution in [3.63, 3.8) is 0 Å². The van der Waals surface area contributed by atoms with Gasteiger partial charge in [-0.1, -0.05) is 0 Å². The number of amides is 1. The maximum atomic E-state index is 13.4. The Morgan fingerprint density at radius 2 is 2.03 bits per heavy atom. The summed E-state index contributed by atoms with van der Waals surface area (Å²) in [6.07, 6.45) is 2.24. The zero-order chi connectivity index (χ0) is 23.3. The van der Waals surface area contributed by atoms with E-state index in [-0.39, 0.29) is 36.6 Å². The fraction of sp³-hybridized carbons (Fsp3) is 0.409. The predicted octanol–water partition coefficient (Wildman–Crippen LogP) is 3.65. The van der Waals surface area contributed by atoms with Gasteiger partial charge in [0.25, 0.3) is 5.91 Å². The van der Waals surface area contributed by atoms with Gasteiger partial charge in [-0.15, -0.1) is 0 Å². The third-order valence-corrected chi connectivity index (χ3v) is 6.19. The van der Waals surface area contributed by atoms with E-state index >= 15 is 0 Å². The van der Waals surface area contributed by atoms with Crippen LogP contribution in [0.4, 0.5) is 30.4 Å². The molecule has 11 heteroatoms. The van der Waals surface area contributed by atoms with Crippen LogP contribution < -0.4 is 21.7 Å². The first kappa shape index (κ1) is 21.5. The normalized spacial score (nSPS) is 21.4. The summed E-state index contributed by atoms with van der Waals surface area (Å²) in [7, 11) is 0. The summed E-state index contributed by atoms with van der Waals surface area (Å²) in [5.41, 5.74) is 14.4. The SMILES string of the molecule is Nc1oc2cc(C3CC3)cnc2c1C(=O)Nc1cnccc1N1CC(N)CC(C(F)(F)F)C1. The van der Waals surface area contributed by atoms with Crippen molar-refractivity contribution in [1.29, 1.82) is 0 Å². The van der Waals surface area contributed by atoms with E-state index in [1.165, 1.54) is 17.3 Å². The van der Waals surface area contributed by atoms with Crippen LogP contribution >= 0.6 is 0 Å². The predicted molar refractivity (Wildman–Crippen MR) is 117 cm³/mol. The van der Waals surface area contributed by atoms with E-state index in [4.69, 9.17) is 15.9 Å². The number of pyridine rings is 2. The van der Waals surface area contributed by atoms with Crippen LogP contribution in [0.15, 0.2) is 35.1 Å². The van der Waals surface area contributed by atoms with Crippen LogP contribution in [-0.2, 0) is 0 Å². The molecule has 8 nitrogen and oxygen atoms in total. The number of nitrogens with zero attached hydrogens (tertiary/aromatic N) is 3. The fourth-order valence-electron chi connectivity index (χ4n) is 4.39. The maximum absolute atomic E-state index is 13.4. The molecule has 1 amide bonds. The molecular weight excluding hydrogens is 437 g/mol. The first-order valence-corrected chi connectivity index (χ1v) is 10.7. The smallest absolute Gasteiger partial charge is 0.393 e. The van der Waals surface area contributed by atoms with Crippen molar-refractivity contribution in [2.24, 2.45) is 11.7 Å². The zero-order valence-electron chi connectivity index (χ0n) is 17.6. The number of hydrogen-bond donors (Lipinski definition) is 3. The lowest BCUT2D eigenvalue weighted by atomic mass is 9.93. The number of halogens is 3. The Labute approximate surface area is 187 Å². The summed E-state index contributed by atoms with van der Waals surface area (Å²) in [6, 6.07) is 2.74. The molecule has 5 rings (SSSR count). The lowest BCUT2D eigenvalue weighted by Crippen LogP contribution is -2.51. The van der Waals surface area contributed by atoms with Crippen molar-refractivity contribution < 1.29 is 22.4 Å². The average Bonchev–Trinajstić information content (AvgIpc) is 3.55. The molecule has 33 heavy (non-hydrogen) atoms. The number of hydrogen-bond acceptors (Lipinski definition) is 7. The fourth-order valence-corrected chi connectivity index (χ4v) is 4.39. The quantitative estimate of drug-likeness (QED) is 0.543. The minimum Gasteiger partial charge on any atom is -0.438 e. The molecule has 0 bridgehead atoms. The monoisotopic (exact) mass is 460 g/mol. The van der Waals surface area contributed by atoms with E-state index in [9.17, 15) is 18.0 Å². The number of piperidine rings is 1. The second kappa shape index (κ2) is 7.91. The summed E-state index contributed by atoms with van der Waals surface area (Å²) in [5.74, 6) is -1.76. The molecule has 0 radical (unpaired) electrons. The molecule has 1 aliphatic carbocycles. The molecule has 0 spiro atoms. The summed E-state index contributed by atoms with van der Waals surface area (Å²) < 4.78 is 45.7. The summed E-state index contributed by atoms with van der Waals surface area (Å²) in [4.78, 5) is 23.1. The lowest BCUT2D eigenvalue weighted by molar-refractivity contribution is -0.177. The third kappa shape index (κ3) is 4.20. The number of aromatic nitrogens is 2. The maximum Gasteiger partial charge on any atom is 0.393 e. The standard InChI is InChI=1S/C22H23F3N6O2/c23-22(24,25)13-6-14(26)10-31(9-13)16-3-4-28-8-15(16)30-21(32)18-19-17(33-20(18)27)5-12(7-29-19)11-1-2-11/h3-5,7-8,11,13-14H,1-2,6,9-10,26-27H2,(H,30,32). The van der Waals surface area contributed by atoms with Crippen molar-refractivity contribution in [3.05, 3.63) is 41.9 Å². The summed E-state index contributed by atoms with van der Waals surface area (Å²) >= 11 is 0. The molecule has 4 heterocycles. The first-order chi connectivity index (χ1) is 15.7. The number of carbonyl (C=O) groups is 1. The Hall–Kier alpha value is -3.34. The number of nitrogens with two attached hydrogens (primary N) is 2. The summed E-state index contributed by atoms with van der Waals surface area (Å²) in [6.45, 7) is -0.0336. The molecule has 174 valence electrons. The van der Waals surface area contributed by atoms with Crippen molar-refractivity contribution in [2.45, 2.75) is 37.4 Å². The second-order valence-electron chi connectivity index (χ2n) is 8.72. The zero-order valence-corrected chi connectivity index (χ0v) is 17.6. The molecule has 5 N–H and O–H groups in total. The van der Waals surface area contributed by atoms with Gasteiger partial charge in [-0.2, -0.15) is 13.2 Å². The van der Waals surface area contributed by atoms with Gasteiger partial charge in [0.05, 0.1) is 23.5 Å². The number of fused-ring (bicyclic) bond motifs is 1. The van der Waals surface area contributed by atoms with Crippen LogP contribution in [-0.4, -0.2) is 41.2 Å². The lowest BCUT2D eigenvalue weighted by Gasteiger charge is -2.39. The number of carbonyl (C=O) groups excluding carboxylic acids is 1. The Bertz CT molecular complexity index is 1210. The minimum absolute atomic E-state index is 0.0747. The Kier molecular flexibility index (Phi) is 5.15. The molecule has 2 atom stereocenters. The summed E-state index contributed by atoms with van der Waals surface area (Å²) in [5, 5.41) is 2.72. The molecular formula is C22H23F3N6O2. The molecule has 3 aromatic rings. The van der Waals surface area contributed by atoms with E-state index in [2.05, 4.69) is 15.3 Å². The molecule has 2 unspecified atom stereocenters. The average molecular weight is 460 g/mol. The third-order valence-electron chi connectivity index (χ3n) is 6.19. The highest BCUT2D eigenvalue weighted by Crippen LogP contribution is 2.41. The van der Waals surface area contributed by atoms with E-state index in [1.54, 1.807) is 12.3 Å². The van der Waals surface area contributed by atoms with Gasteiger partial charge in [0, 0.05) is 31.5 Å². The van der Waals surface area contributed by atoms with Crippen LogP contribution in [0.25, 0.3) is 11.1 Å². The van der Waals surface area contributed by atoms with Crippen LogP contribution in [0.2, 0.25) is 0 Å². The van der Waals surface area contributed by atoms with Gasteiger partial charge >= 0.3 is 6.18 Å². The van der Waals surface area contributed by atoms with Crippen LogP contribution in [0.3, 0.4) is 0 Å². The van der Waals surface area contributed by atoms with Crippen LogP contribution in [0, 0.1) is 5.92 Å². The highest BCUT2D eigenvalue weighted by atomic mass is 19.4. The minimum atomic E-state index is -4.36. The van der Waals surface area contributed by atoms with Gasteiger partial charge in [-0.05, 0) is 42.9 Å². The van der Waals surface area contributed by atoms with E-state index in [0.29, 0.717) is 22.7 Å². The van der Waals surface area contributed by atoms with Crippen molar-refractivity contribution in [1.82, 2.24) is 9.97 Å². The van der Waals surface area contributed by atoms with Gasteiger partial charge in [0.1, 0.15) is 11.1 Å². The van der Waals surface area contributed by atoms with Crippen LogP contribution in [0.5, 0.6) is 0 Å². The first-order valence-electron chi connectivity index (χ1n) is 10.7. The number of nitrogen functional groups attached to an aromatic ring is 1. The highest BCUT2D eigenvalue weighted by molar-refractivity contribution is 6.15. The van der Waals surface area contributed by atoms with Gasteiger partial charge in [0.2, 0.25) is 5.88 Å². The van der Waals surface area contributed by atoms with Crippen molar-refractivity contribution >= 4 is 34.3 Å². The number of alkyl halides is 3. The number of rotatable bonds is 4. The molecule has 2 fully saturated rings. The van der Waals surface area contributed by atoms with Gasteiger partial charge in [-0.3, -0.25) is 14.8 Å². The van der Waals surface area contributed by atoms with E-state index < -0.39 is 24.0 Å². The molecule has 0 aromatic carbocycles. The van der Waals surface area contributed by atoms with Crippen molar-refractivity contribution in [3.8, 4) is 0 Å². The van der Waals surface area contributed by atoms with Crippen molar-refractivity contribution in [2.75, 3.05) is 29.0 Å². The molecule has 2 aliphatic rings. The topological polar surface area (TPSA) is 123 Å². The Morgan fingerprint density at radius 3 is 2.76 bits per heavy atom. The highest BCUT2D eigenvalue weighted by Gasteiger charge is 2.44. The number of furan rings is 1. The van der Waals surface area contributed by atoms with E-state index in [1.807, 2.05) is 6.07 Å².